The van der Waals surface area contributed by atoms with E-state index in [0.717, 1.165) is 36.1 Å². The first-order valence-corrected chi connectivity index (χ1v) is 12.0. The lowest BCUT2D eigenvalue weighted by molar-refractivity contribution is -0.153. The van der Waals surface area contributed by atoms with Gasteiger partial charge in [0.15, 0.2) is 6.61 Å². The summed E-state index contributed by atoms with van der Waals surface area (Å²) in [6, 6.07) is 5.95. The highest BCUT2D eigenvalue weighted by atomic mass is 32.2. The van der Waals surface area contributed by atoms with Gasteiger partial charge in [-0.15, -0.1) is 23.1 Å². The molecule has 1 amide bonds. The number of fused-ring (bicyclic) bond motifs is 3. The number of hydrogen-bond acceptors (Lipinski definition) is 6. The third-order valence-corrected chi connectivity index (χ3v) is 7.03. The van der Waals surface area contributed by atoms with E-state index in [1.165, 1.54) is 34.8 Å². The van der Waals surface area contributed by atoms with Crippen LogP contribution >= 0.6 is 23.1 Å². The number of anilines is 1. The van der Waals surface area contributed by atoms with Gasteiger partial charge in [-0.1, -0.05) is 12.1 Å². The molecule has 1 aliphatic carbocycles. The topological polar surface area (TPSA) is 84.1 Å². The predicted octanol–water partition coefficient (Wildman–Crippen LogP) is 4.68. The molecule has 2 N–H and O–H groups in total. The van der Waals surface area contributed by atoms with Gasteiger partial charge in [0.05, 0.1) is 22.6 Å². The van der Waals surface area contributed by atoms with E-state index >= 15 is 0 Å². The lowest BCUT2D eigenvalue weighted by atomic mass is 9.97. The van der Waals surface area contributed by atoms with Gasteiger partial charge in [0.2, 0.25) is 5.91 Å². The quantitative estimate of drug-likeness (QED) is 0.510. The number of carbonyl (C=O) groups excluding carboxylic acids is 1. The Morgan fingerprint density at radius 1 is 1.25 bits per heavy atom. The molecule has 0 bridgehead atoms. The van der Waals surface area contributed by atoms with Gasteiger partial charge >= 0.3 is 6.18 Å². The van der Waals surface area contributed by atoms with E-state index in [9.17, 15) is 22.8 Å². The van der Waals surface area contributed by atoms with Crippen LogP contribution in [0.4, 0.5) is 18.9 Å². The van der Waals surface area contributed by atoms with Crippen LogP contribution in [0.3, 0.4) is 0 Å². The number of carbonyl (C=O) groups is 1. The number of ether oxygens (including phenoxy) is 1. The SMILES string of the molecule is O=C(CSCc1nc2sc3c(c2c(=O)[nH]1)CCCC3)Nc1ccccc1OCC(F)(F)F. The van der Waals surface area contributed by atoms with Crippen molar-refractivity contribution in [1.82, 2.24) is 9.97 Å². The second-order valence-electron chi connectivity index (χ2n) is 7.34. The minimum Gasteiger partial charge on any atom is -0.482 e. The maximum absolute atomic E-state index is 12.6. The van der Waals surface area contributed by atoms with Crippen LogP contribution in [0.1, 0.15) is 29.1 Å². The summed E-state index contributed by atoms with van der Waals surface area (Å²) in [5.41, 5.74) is 1.14. The van der Waals surface area contributed by atoms with Crippen molar-refractivity contribution in [3.63, 3.8) is 0 Å². The Kier molecular flexibility index (Phi) is 6.75. The van der Waals surface area contributed by atoms with Crippen molar-refractivity contribution in [1.29, 1.82) is 0 Å². The molecule has 3 aromatic rings. The first kappa shape index (κ1) is 22.7. The number of thiophene rings is 1. The van der Waals surface area contributed by atoms with Crippen LogP contribution in [0.15, 0.2) is 29.1 Å². The van der Waals surface area contributed by atoms with Crippen LogP contribution in [0.5, 0.6) is 5.75 Å². The van der Waals surface area contributed by atoms with Gasteiger partial charge in [-0.3, -0.25) is 9.59 Å². The summed E-state index contributed by atoms with van der Waals surface area (Å²) >= 11 is 2.81. The summed E-state index contributed by atoms with van der Waals surface area (Å²) in [7, 11) is 0. The van der Waals surface area contributed by atoms with Crippen LogP contribution < -0.4 is 15.6 Å². The normalized spacial score (nSPS) is 13.7. The van der Waals surface area contributed by atoms with Crippen LogP contribution in [0.2, 0.25) is 0 Å². The van der Waals surface area contributed by atoms with E-state index in [1.807, 2.05) is 0 Å². The standard InChI is InChI=1S/C21H20F3N3O3S2/c22-21(23,24)11-30-14-7-3-2-6-13(14)25-17(28)10-31-9-16-26-19(29)18-12-5-1-4-8-15(12)32-20(18)27-16/h2-3,6-7H,1,4-5,8-11H2,(H,25,28)(H,26,27,29). The summed E-state index contributed by atoms with van der Waals surface area (Å²) in [5, 5.41) is 3.25. The number of thioether (sulfide) groups is 1. The molecular formula is C21H20F3N3O3S2. The molecule has 0 unspecified atom stereocenters. The lowest BCUT2D eigenvalue weighted by Crippen LogP contribution is -2.21. The molecule has 11 heteroatoms. The largest absolute Gasteiger partial charge is 0.482 e. The summed E-state index contributed by atoms with van der Waals surface area (Å²) in [5.74, 6) is 0.408. The smallest absolute Gasteiger partial charge is 0.422 e. The van der Waals surface area contributed by atoms with Crippen molar-refractivity contribution in [3.8, 4) is 5.75 Å². The van der Waals surface area contributed by atoms with Gasteiger partial charge in [0.1, 0.15) is 16.4 Å². The third kappa shape index (κ3) is 5.44. The Labute approximate surface area is 189 Å². The maximum Gasteiger partial charge on any atom is 0.422 e. The number of H-pyrrole nitrogens is 1. The monoisotopic (exact) mass is 483 g/mol. The van der Waals surface area contributed by atoms with Gasteiger partial charge in [-0.25, -0.2) is 4.98 Å². The molecule has 2 aromatic heterocycles. The van der Waals surface area contributed by atoms with Crippen LogP contribution in [-0.2, 0) is 23.4 Å². The van der Waals surface area contributed by atoms with E-state index < -0.39 is 18.7 Å². The zero-order valence-corrected chi connectivity index (χ0v) is 18.5. The number of aromatic amines is 1. The van der Waals surface area contributed by atoms with Crippen molar-refractivity contribution < 1.29 is 22.7 Å². The van der Waals surface area contributed by atoms with Gasteiger partial charge in [-0.2, -0.15) is 13.2 Å². The number of nitrogens with one attached hydrogen (secondary N) is 2. The molecule has 0 fully saturated rings. The van der Waals surface area contributed by atoms with Gasteiger partial charge in [-0.05, 0) is 43.4 Å². The second kappa shape index (κ2) is 9.53. The summed E-state index contributed by atoms with van der Waals surface area (Å²) in [6.07, 6.45) is -0.383. The fourth-order valence-corrected chi connectivity index (χ4v) is 5.53. The first-order valence-electron chi connectivity index (χ1n) is 10.00. The fraction of sp³-hybridized carbons (Fsp3) is 0.381. The highest BCUT2D eigenvalue weighted by molar-refractivity contribution is 7.99. The van der Waals surface area contributed by atoms with Crippen LogP contribution in [-0.4, -0.2) is 34.4 Å². The zero-order valence-electron chi connectivity index (χ0n) is 16.9. The average Bonchev–Trinajstić information content (AvgIpc) is 3.11. The third-order valence-electron chi connectivity index (χ3n) is 4.90. The Bertz CT molecular complexity index is 1190. The number of alkyl halides is 3. The number of halogens is 3. The van der Waals surface area contributed by atoms with Gasteiger partial charge in [0, 0.05) is 4.88 Å². The molecule has 4 rings (SSSR count). The van der Waals surface area contributed by atoms with E-state index in [-0.39, 0.29) is 22.7 Å². The van der Waals surface area contributed by atoms with Crippen molar-refractivity contribution in [2.45, 2.75) is 37.6 Å². The number of benzene rings is 1. The Balaban J connectivity index is 1.36. The molecule has 0 spiro atoms. The van der Waals surface area contributed by atoms with Gasteiger partial charge in [0.25, 0.3) is 5.56 Å². The second-order valence-corrected chi connectivity index (χ2v) is 9.41. The maximum atomic E-state index is 12.6. The Morgan fingerprint density at radius 2 is 2.03 bits per heavy atom. The number of hydrogen-bond donors (Lipinski definition) is 2. The highest BCUT2D eigenvalue weighted by Gasteiger charge is 2.29. The van der Waals surface area contributed by atoms with E-state index in [0.29, 0.717) is 17.0 Å². The van der Waals surface area contributed by atoms with E-state index in [1.54, 1.807) is 17.4 Å². The molecule has 0 radical (unpaired) electrons. The summed E-state index contributed by atoms with van der Waals surface area (Å²) in [6.45, 7) is -1.44. The number of nitrogens with zero attached hydrogens (tertiary/aromatic N) is 1. The zero-order chi connectivity index (χ0) is 22.7. The van der Waals surface area contributed by atoms with Crippen molar-refractivity contribution in [2.75, 3.05) is 17.7 Å². The predicted molar refractivity (Wildman–Crippen MR) is 120 cm³/mol. The number of aryl methyl sites for hydroxylation is 2. The number of rotatable bonds is 7. The van der Waals surface area contributed by atoms with Crippen molar-refractivity contribution >= 4 is 44.9 Å². The number of para-hydroxylation sites is 2. The van der Waals surface area contributed by atoms with Crippen LogP contribution in [0.25, 0.3) is 10.2 Å². The first-order chi connectivity index (χ1) is 15.3. The van der Waals surface area contributed by atoms with Gasteiger partial charge < -0.3 is 15.0 Å². The fourth-order valence-electron chi connectivity index (χ4n) is 3.56. The molecule has 170 valence electrons. The van der Waals surface area contributed by atoms with E-state index in [4.69, 9.17) is 4.74 Å². The number of amides is 1. The minimum atomic E-state index is -4.47. The Morgan fingerprint density at radius 3 is 2.84 bits per heavy atom. The molecule has 0 saturated heterocycles. The number of aromatic nitrogens is 2. The summed E-state index contributed by atoms with van der Waals surface area (Å²) in [4.78, 5) is 34.2. The molecule has 32 heavy (non-hydrogen) atoms. The molecule has 1 aromatic carbocycles. The van der Waals surface area contributed by atoms with Crippen molar-refractivity contribution in [2.24, 2.45) is 0 Å². The molecule has 0 aliphatic heterocycles. The molecule has 6 nitrogen and oxygen atoms in total. The minimum absolute atomic E-state index is 0.0380. The molecule has 0 saturated carbocycles. The molecular weight excluding hydrogens is 463 g/mol. The van der Waals surface area contributed by atoms with Crippen molar-refractivity contribution in [3.05, 3.63) is 50.9 Å². The van der Waals surface area contributed by atoms with E-state index in [2.05, 4.69) is 15.3 Å². The average molecular weight is 484 g/mol. The van der Waals surface area contributed by atoms with Crippen LogP contribution in [0, 0.1) is 0 Å². The molecule has 1 aliphatic rings. The highest BCUT2D eigenvalue weighted by Crippen LogP contribution is 2.33. The molecule has 0 atom stereocenters. The lowest BCUT2D eigenvalue weighted by Gasteiger charge is -2.13. The molecule has 2 heterocycles. The summed E-state index contributed by atoms with van der Waals surface area (Å²) < 4.78 is 42.0. The Hall–Kier alpha value is -2.53.